The number of piperidine rings is 1. The first-order valence-electron chi connectivity index (χ1n) is 16.5. The maximum absolute atomic E-state index is 13.7. The lowest BCUT2D eigenvalue weighted by atomic mass is 9.91. The van der Waals surface area contributed by atoms with Crippen LogP contribution in [-0.2, 0) is 9.53 Å². The number of aliphatic hydroxyl groups excluding tert-OH is 2. The number of amides is 1. The minimum absolute atomic E-state index is 0.0108. The summed E-state index contributed by atoms with van der Waals surface area (Å²) in [7, 11) is 0. The van der Waals surface area contributed by atoms with Crippen LogP contribution < -0.4 is 5.32 Å². The second-order valence-corrected chi connectivity index (χ2v) is 13.2. The SMILES string of the molecule is CCCCCCN(C(O)[C@@H](NC(=O)[C@H]1CCCCN1CCO)[C@@H](C)CC)[C@H](C[C@@H](OCC)c1nc(C(=O)O)cs1)C(C)C. The van der Waals surface area contributed by atoms with Gasteiger partial charge in [0, 0.05) is 31.1 Å². The summed E-state index contributed by atoms with van der Waals surface area (Å²) in [5.41, 5.74) is 0.0137. The number of carboxylic acid groups (broad SMARTS) is 1. The predicted molar refractivity (Wildman–Crippen MR) is 171 cm³/mol. The number of rotatable bonds is 21. The Morgan fingerprint density at radius 2 is 1.93 bits per heavy atom. The summed E-state index contributed by atoms with van der Waals surface area (Å²) in [6.45, 7) is 14.9. The van der Waals surface area contributed by atoms with Gasteiger partial charge >= 0.3 is 5.97 Å². The van der Waals surface area contributed by atoms with Gasteiger partial charge in [-0.25, -0.2) is 9.78 Å². The number of aromatic carboxylic acids is 1. The monoisotopic (exact) mass is 626 g/mol. The Bertz CT molecular complexity index is 945. The van der Waals surface area contributed by atoms with Crippen LogP contribution in [0.2, 0.25) is 0 Å². The summed E-state index contributed by atoms with van der Waals surface area (Å²) >= 11 is 1.29. The van der Waals surface area contributed by atoms with Gasteiger partial charge in [-0.1, -0.05) is 66.7 Å². The van der Waals surface area contributed by atoms with Gasteiger partial charge in [0.25, 0.3) is 0 Å². The lowest BCUT2D eigenvalue weighted by Crippen LogP contribution is -2.61. The molecule has 0 bridgehead atoms. The molecule has 1 saturated heterocycles. The fraction of sp³-hybridized carbons (Fsp3) is 0.844. The Balaban J connectivity index is 2.40. The predicted octanol–water partition coefficient (Wildman–Crippen LogP) is 4.91. The molecule has 1 unspecified atom stereocenters. The van der Waals surface area contributed by atoms with Crippen molar-refractivity contribution in [2.45, 2.75) is 130 Å². The molecule has 1 aliphatic rings. The fourth-order valence-corrected chi connectivity index (χ4v) is 6.97. The molecule has 11 heteroatoms. The Morgan fingerprint density at radius 3 is 2.51 bits per heavy atom. The van der Waals surface area contributed by atoms with Gasteiger partial charge in [0.2, 0.25) is 5.91 Å². The molecule has 1 aromatic rings. The highest BCUT2D eigenvalue weighted by molar-refractivity contribution is 7.09. The number of nitrogens with one attached hydrogen (secondary N) is 1. The smallest absolute Gasteiger partial charge is 0.355 e. The molecule has 6 atom stereocenters. The number of likely N-dealkylation sites (tertiary alicyclic amines) is 1. The summed E-state index contributed by atoms with van der Waals surface area (Å²) in [5.74, 6) is -0.969. The zero-order valence-electron chi connectivity index (χ0n) is 27.3. The van der Waals surface area contributed by atoms with E-state index >= 15 is 0 Å². The number of aliphatic hydroxyl groups is 2. The molecule has 0 radical (unpaired) electrons. The van der Waals surface area contributed by atoms with Crippen LogP contribution in [0.5, 0.6) is 0 Å². The lowest BCUT2D eigenvalue weighted by molar-refractivity contribution is -0.134. The number of nitrogens with zero attached hydrogens (tertiary/aromatic N) is 3. The van der Waals surface area contributed by atoms with E-state index in [1.165, 1.54) is 11.3 Å². The molecule has 0 spiro atoms. The number of unbranched alkanes of at least 4 members (excludes halogenated alkanes) is 3. The van der Waals surface area contributed by atoms with Gasteiger partial charge in [0.1, 0.15) is 17.3 Å². The highest BCUT2D eigenvalue weighted by Crippen LogP contribution is 2.32. The van der Waals surface area contributed by atoms with Crippen molar-refractivity contribution in [1.29, 1.82) is 0 Å². The topological polar surface area (TPSA) is 135 Å². The molecule has 4 N–H and O–H groups in total. The molecule has 1 aliphatic heterocycles. The number of carbonyl (C=O) groups is 2. The average Bonchev–Trinajstić information content (AvgIpc) is 3.49. The zero-order chi connectivity index (χ0) is 31.9. The van der Waals surface area contributed by atoms with E-state index in [0.717, 1.165) is 57.9 Å². The molecule has 2 rings (SSSR count). The van der Waals surface area contributed by atoms with Crippen LogP contribution in [0.3, 0.4) is 0 Å². The third-order valence-corrected chi connectivity index (χ3v) is 9.77. The quantitative estimate of drug-likeness (QED) is 0.111. The average molecular weight is 627 g/mol. The first kappa shape index (κ1) is 37.6. The standard InChI is InChI=1S/C32H58N4O6S/c1-7-10-11-13-17-36(26(22(4)5)20-27(42-9-3)30-33-24(21-43-30)32(40)41)31(39)28(23(6)8-2)34-29(38)25-15-12-14-16-35(25)18-19-37/h21-23,25-28,31,37,39H,7-20H2,1-6H3,(H,34,38)(H,40,41)/t23-,25+,26+,27+,28-,31?/m0/s1. The van der Waals surface area contributed by atoms with Crippen molar-refractivity contribution in [3.63, 3.8) is 0 Å². The molecular weight excluding hydrogens is 568 g/mol. The maximum Gasteiger partial charge on any atom is 0.355 e. The van der Waals surface area contributed by atoms with Crippen LogP contribution in [0, 0.1) is 11.8 Å². The second-order valence-electron chi connectivity index (χ2n) is 12.3. The second kappa shape index (κ2) is 19.7. The molecule has 10 nitrogen and oxygen atoms in total. The summed E-state index contributed by atoms with van der Waals surface area (Å²) in [5, 5.41) is 36.6. The summed E-state index contributed by atoms with van der Waals surface area (Å²) in [6.07, 6.45) is 6.91. The number of aromatic nitrogens is 1. The number of carboxylic acids is 1. The van der Waals surface area contributed by atoms with Crippen LogP contribution in [0.25, 0.3) is 0 Å². The molecule has 43 heavy (non-hydrogen) atoms. The lowest BCUT2D eigenvalue weighted by Gasteiger charge is -2.44. The largest absolute Gasteiger partial charge is 0.476 e. The number of carbonyl (C=O) groups excluding carboxylic acids is 1. The minimum Gasteiger partial charge on any atom is -0.476 e. The van der Waals surface area contributed by atoms with E-state index in [1.807, 2.05) is 6.92 Å². The van der Waals surface area contributed by atoms with Crippen molar-refractivity contribution < 1.29 is 29.6 Å². The highest BCUT2D eigenvalue weighted by Gasteiger charge is 2.39. The molecule has 0 saturated carbocycles. The molecule has 0 aliphatic carbocycles. The minimum atomic E-state index is -1.06. The van der Waals surface area contributed by atoms with E-state index in [0.29, 0.717) is 31.1 Å². The van der Waals surface area contributed by atoms with E-state index in [4.69, 9.17) is 4.74 Å². The van der Waals surface area contributed by atoms with Gasteiger partial charge in [-0.3, -0.25) is 14.6 Å². The van der Waals surface area contributed by atoms with E-state index in [1.54, 1.807) is 5.38 Å². The first-order chi connectivity index (χ1) is 20.6. The van der Waals surface area contributed by atoms with Gasteiger partial charge in [-0.2, -0.15) is 0 Å². The van der Waals surface area contributed by atoms with Crippen LogP contribution in [0.1, 0.15) is 121 Å². The van der Waals surface area contributed by atoms with Gasteiger partial charge in [-0.05, 0) is 51.0 Å². The molecule has 1 fully saturated rings. The summed E-state index contributed by atoms with van der Waals surface area (Å²) in [6, 6.07) is -0.893. The molecule has 0 aromatic carbocycles. The van der Waals surface area contributed by atoms with Crippen molar-refractivity contribution in [1.82, 2.24) is 20.1 Å². The third kappa shape index (κ3) is 11.3. The van der Waals surface area contributed by atoms with E-state index < -0.39 is 24.3 Å². The van der Waals surface area contributed by atoms with Crippen LogP contribution in [-0.4, -0.2) is 99.2 Å². The normalized spacial score (nSPS) is 19.7. The summed E-state index contributed by atoms with van der Waals surface area (Å²) in [4.78, 5) is 33.8. The van der Waals surface area contributed by atoms with Crippen LogP contribution in [0.15, 0.2) is 5.38 Å². The van der Waals surface area contributed by atoms with Gasteiger partial charge in [0.05, 0.1) is 18.7 Å². The number of hydrogen-bond donors (Lipinski definition) is 4. The van der Waals surface area contributed by atoms with Gasteiger partial charge in [0.15, 0.2) is 5.69 Å². The molecule has 248 valence electrons. The van der Waals surface area contributed by atoms with E-state index in [9.17, 15) is 24.9 Å². The Kier molecular flexibility index (Phi) is 17.2. The molecular formula is C32H58N4O6S. The highest BCUT2D eigenvalue weighted by atomic mass is 32.1. The Labute approximate surface area is 263 Å². The van der Waals surface area contributed by atoms with Crippen LogP contribution >= 0.6 is 11.3 Å². The Morgan fingerprint density at radius 1 is 1.19 bits per heavy atom. The van der Waals surface area contributed by atoms with Crippen LogP contribution in [0.4, 0.5) is 0 Å². The van der Waals surface area contributed by atoms with E-state index in [-0.39, 0.29) is 42.1 Å². The van der Waals surface area contributed by atoms with Gasteiger partial charge < -0.3 is 25.4 Å². The molecule has 1 amide bonds. The number of thiazole rings is 1. The van der Waals surface area contributed by atoms with Crippen molar-refractivity contribution in [3.05, 3.63) is 16.1 Å². The van der Waals surface area contributed by atoms with E-state index in [2.05, 4.69) is 54.7 Å². The van der Waals surface area contributed by atoms with Crippen molar-refractivity contribution in [3.8, 4) is 0 Å². The molecule has 2 heterocycles. The number of β-amino-alcohol motifs (C(OH)–C–C–N with tert-alkyl or cyclic N) is 1. The van der Waals surface area contributed by atoms with Crippen molar-refractivity contribution >= 4 is 23.2 Å². The maximum atomic E-state index is 13.7. The zero-order valence-corrected chi connectivity index (χ0v) is 28.2. The third-order valence-electron chi connectivity index (χ3n) is 8.84. The number of hydrogen-bond acceptors (Lipinski definition) is 9. The first-order valence-corrected chi connectivity index (χ1v) is 17.4. The summed E-state index contributed by atoms with van der Waals surface area (Å²) < 4.78 is 6.13. The van der Waals surface area contributed by atoms with Gasteiger partial charge in [-0.15, -0.1) is 11.3 Å². The molecule has 1 aromatic heterocycles. The number of ether oxygens (including phenoxy) is 1. The fourth-order valence-electron chi connectivity index (χ4n) is 6.12. The Hall–Kier alpha value is -1.63. The van der Waals surface area contributed by atoms with Crippen molar-refractivity contribution in [2.75, 3.05) is 32.8 Å². The van der Waals surface area contributed by atoms with Crippen molar-refractivity contribution in [2.24, 2.45) is 11.8 Å².